The van der Waals surface area contributed by atoms with Gasteiger partial charge in [-0.2, -0.15) is 0 Å². The van der Waals surface area contributed by atoms with E-state index in [2.05, 4.69) is 15.9 Å². The van der Waals surface area contributed by atoms with Crippen LogP contribution in [0.3, 0.4) is 0 Å². The minimum Gasteiger partial charge on any atom is -0.507 e. The molecule has 0 spiro atoms. The Morgan fingerprint density at radius 3 is 2.41 bits per heavy atom. The van der Waals surface area contributed by atoms with Gasteiger partial charge >= 0.3 is 0 Å². The number of carbonyl (C=O) groups excluding carboxylic acids is 2. The summed E-state index contributed by atoms with van der Waals surface area (Å²) >= 11 is 3.36. The van der Waals surface area contributed by atoms with Crippen molar-refractivity contribution >= 4 is 33.4 Å². The lowest BCUT2D eigenvalue weighted by atomic mass is 9.94. The summed E-state index contributed by atoms with van der Waals surface area (Å²) in [6, 6.07) is 13.5. The van der Waals surface area contributed by atoms with Crippen LogP contribution in [0.15, 0.2) is 58.6 Å². The van der Waals surface area contributed by atoms with Crippen LogP contribution in [0.2, 0.25) is 0 Å². The number of amides is 1. The second-order valence-corrected chi connectivity index (χ2v) is 7.96. The van der Waals surface area contributed by atoms with Gasteiger partial charge in [-0.25, -0.2) is 0 Å². The number of hydrogen-bond acceptors (Lipinski definition) is 5. The third kappa shape index (κ3) is 4.21. The minimum atomic E-state index is -0.727. The van der Waals surface area contributed by atoms with Crippen molar-refractivity contribution in [1.82, 2.24) is 9.80 Å². The molecule has 1 saturated heterocycles. The van der Waals surface area contributed by atoms with Crippen LogP contribution in [0.1, 0.15) is 17.2 Å². The highest BCUT2D eigenvalue weighted by Crippen LogP contribution is 2.42. The molecule has 1 N–H and O–H groups in total. The largest absolute Gasteiger partial charge is 0.507 e. The lowest BCUT2D eigenvalue weighted by molar-refractivity contribution is -0.140. The van der Waals surface area contributed by atoms with E-state index in [0.29, 0.717) is 30.0 Å². The minimum absolute atomic E-state index is 0.0700. The van der Waals surface area contributed by atoms with Crippen molar-refractivity contribution in [3.63, 3.8) is 0 Å². The van der Waals surface area contributed by atoms with Gasteiger partial charge in [-0.1, -0.05) is 46.3 Å². The van der Waals surface area contributed by atoms with Crippen LogP contribution < -0.4 is 4.74 Å². The number of rotatable bonds is 6. The van der Waals surface area contributed by atoms with E-state index in [0.717, 1.165) is 4.47 Å². The molecule has 3 rings (SSSR count). The number of benzene rings is 2. The highest BCUT2D eigenvalue weighted by molar-refractivity contribution is 9.10. The van der Waals surface area contributed by atoms with Crippen LogP contribution in [0.4, 0.5) is 0 Å². The first kappa shape index (κ1) is 21.1. The molecular weight excluding hydrogens is 436 g/mol. The number of ether oxygens (including phenoxy) is 1. The number of para-hydroxylation sites is 1. The number of likely N-dealkylation sites (tertiary alicyclic amines) is 1. The van der Waals surface area contributed by atoms with Gasteiger partial charge < -0.3 is 19.6 Å². The van der Waals surface area contributed by atoms with Gasteiger partial charge in [0.25, 0.3) is 11.7 Å². The summed E-state index contributed by atoms with van der Waals surface area (Å²) in [7, 11) is 5.34. The normalized spacial score (nSPS) is 18.5. The van der Waals surface area contributed by atoms with Gasteiger partial charge in [-0.15, -0.1) is 0 Å². The Balaban J connectivity index is 2.18. The highest BCUT2D eigenvalue weighted by atomic mass is 79.9. The standard InChI is InChI=1S/C22H23BrN2O4/c1-24(2)12-13-25-19(16-6-4-5-7-17(16)29-3)18(21(27)22(25)28)20(26)14-8-10-15(23)11-9-14/h4-11,19,26H,12-13H2,1-3H3/b20-18-. The first-order chi connectivity index (χ1) is 13.8. The second-order valence-electron chi connectivity index (χ2n) is 7.04. The van der Waals surface area contributed by atoms with E-state index in [9.17, 15) is 14.7 Å². The van der Waals surface area contributed by atoms with Crippen LogP contribution in [0.5, 0.6) is 5.75 Å². The Labute approximate surface area is 178 Å². The molecule has 0 aliphatic carbocycles. The molecule has 1 fully saturated rings. The summed E-state index contributed by atoms with van der Waals surface area (Å²) in [5, 5.41) is 11.0. The number of nitrogens with zero attached hydrogens (tertiary/aromatic N) is 2. The fourth-order valence-electron chi connectivity index (χ4n) is 3.40. The Morgan fingerprint density at radius 1 is 1.14 bits per heavy atom. The molecule has 152 valence electrons. The summed E-state index contributed by atoms with van der Waals surface area (Å²) in [5.74, 6) is -0.962. The monoisotopic (exact) mass is 458 g/mol. The molecule has 0 bridgehead atoms. The number of hydrogen-bond donors (Lipinski definition) is 1. The fourth-order valence-corrected chi connectivity index (χ4v) is 3.66. The molecule has 6 nitrogen and oxygen atoms in total. The third-order valence-electron chi connectivity index (χ3n) is 4.88. The average molecular weight is 459 g/mol. The molecule has 2 aromatic rings. The zero-order valence-corrected chi connectivity index (χ0v) is 18.1. The summed E-state index contributed by atoms with van der Waals surface area (Å²) in [6.45, 7) is 0.925. The van der Waals surface area contributed by atoms with Crippen molar-refractivity contribution in [1.29, 1.82) is 0 Å². The van der Waals surface area contributed by atoms with Gasteiger partial charge in [0.15, 0.2) is 0 Å². The van der Waals surface area contributed by atoms with Gasteiger partial charge in [-0.3, -0.25) is 9.59 Å². The average Bonchev–Trinajstić information content (AvgIpc) is 2.96. The van der Waals surface area contributed by atoms with Gasteiger partial charge in [0.1, 0.15) is 11.5 Å². The number of Topliss-reactive ketones (excluding diaryl/α,β-unsaturated/α-hetero) is 1. The van der Waals surface area contributed by atoms with Crippen LogP contribution in [0, 0.1) is 0 Å². The molecule has 2 aromatic carbocycles. The number of aliphatic hydroxyl groups is 1. The molecule has 29 heavy (non-hydrogen) atoms. The molecule has 1 atom stereocenters. The van der Waals surface area contributed by atoms with Gasteiger partial charge in [0.2, 0.25) is 0 Å². The van der Waals surface area contributed by atoms with Crippen molar-refractivity contribution in [2.24, 2.45) is 0 Å². The molecule has 1 aliphatic heterocycles. The number of ketones is 1. The third-order valence-corrected chi connectivity index (χ3v) is 5.41. The fraction of sp³-hybridized carbons (Fsp3) is 0.273. The molecule has 0 saturated carbocycles. The van der Waals surface area contributed by atoms with E-state index < -0.39 is 17.7 Å². The molecule has 1 unspecified atom stereocenters. The van der Waals surface area contributed by atoms with E-state index >= 15 is 0 Å². The Bertz CT molecular complexity index is 954. The molecule has 1 aliphatic rings. The molecular formula is C22H23BrN2O4. The van der Waals surface area contributed by atoms with E-state index in [-0.39, 0.29) is 11.3 Å². The molecule has 1 heterocycles. The predicted octanol–water partition coefficient (Wildman–Crippen LogP) is 3.44. The number of likely N-dealkylation sites (N-methyl/N-ethyl adjacent to an activating group) is 1. The summed E-state index contributed by atoms with van der Waals surface area (Å²) in [4.78, 5) is 29.3. The SMILES string of the molecule is COc1ccccc1C1/C(=C(/O)c2ccc(Br)cc2)C(=O)C(=O)N1CCN(C)C. The van der Waals surface area contributed by atoms with Crippen molar-refractivity contribution in [2.75, 3.05) is 34.3 Å². The van der Waals surface area contributed by atoms with E-state index in [1.165, 1.54) is 4.90 Å². The lowest BCUT2D eigenvalue weighted by Gasteiger charge is -2.27. The summed E-state index contributed by atoms with van der Waals surface area (Å²) in [5.41, 5.74) is 1.20. The van der Waals surface area contributed by atoms with Crippen LogP contribution >= 0.6 is 15.9 Å². The second kappa shape index (κ2) is 8.80. The smallest absolute Gasteiger partial charge is 0.295 e. The number of aliphatic hydroxyl groups excluding tert-OH is 1. The first-order valence-electron chi connectivity index (χ1n) is 9.17. The summed E-state index contributed by atoms with van der Waals surface area (Å²) in [6.07, 6.45) is 0. The van der Waals surface area contributed by atoms with Gasteiger partial charge in [-0.05, 0) is 32.3 Å². The van der Waals surface area contributed by atoms with Crippen molar-refractivity contribution in [3.8, 4) is 5.75 Å². The Morgan fingerprint density at radius 2 is 1.79 bits per heavy atom. The Kier molecular flexibility index (Phi) is 6.39. The molecule has 7 heteroatoms. The quantitative estimate of drug-likeness (QED) is 0.407. The first-order valence-corrected chi connectivity index (χ1v) is 9.96. The zero-order chi connectivity index (χ0) is 21.1. The summed E-state index contributed by atoms with van der Waals surface area (Å²) < 4.78 is 6.33. The van der Waals surface area contributed by atoms with Crippen LogP contribution in [0.25, 0.3) is 5.76 Å². The van der Waals surface area contributed by atoms with Crippen LogP contribution in [-0.4, -0.2) is 60.9 Å². The molecule has 0 aromatic heterocycles. The number of halogens is 1. The van der Waals surface area contributed by atoms with E-state index in [1.54, 1.807) is 37.4 Å². The van der Waals surface area contributed by atoms with Gasteiger partial charge in [0.05, 0.1) is 18.7 Å². The molecule has 0 radical (unpaired) electrons. The van der Waals surface area contributed by atoms with Crippen molar-refractivity contribution < 1.29 is 19.4 Å². The van der Waals surface area contributed by atoms with Crippen LogP contribution in [-0.2, 0) is 9.59 Å². The topological polar surface area (TPSA) is 70.1 Å². The lowest BCUT2D eigenvalue weighted by Crippen LogP contribution is -2.35. The zero-order valence-electron chi connectivity index (χ0n) is 16.6. The Hall–Kier alpha value is -2.64. The molecule has 1 amide bonds. The number of methoxy groups -OCH3 is 1. The predicted molar refractivity (Wildman–Crippen MR) is 115 cm³/mol. The van der Waals surface area contributed by atoms with Crippen molar-refractivity contribution in [2.45, 2.75) is 6.04 Å². The van der Waals surface area contributed by atoms with Crippen molar-refractivity contribution in [3.05, 3.63) is 69.7 Å². The van der Waals surface area contributed by atoms with Gasteiger partial charge in [0, 0.05) is 28.7 Å². The van der Waals surface area contributed by atoms with E-state index in [1.807, 2.05) is 37.2 Å². The maximum atomic E-state index is 13.0. The maximum absolute atomic E-state index is 13.0. The number of carbonyl (C=O) groups is 2. The highest BCUT2D eigenvalue weighted by Gasteiger charge is 2.46. The van der Waals surface area contributed by atoms with E-state index in [4.69, 9.17) is 4.74 Å². The maximum Gasteiger partial charge on any atom is 0.295 e.